The largest absolute Gasteiger partial charge is 0.411 e. The second-order valence-corrected chi connectivity index (χ2v) is 8.49. The lowest BCUT2D eigenvalue weighted by Crippen LogP contribution is -2.46. The van der Waals surface area contributed by atoms with Crippen LogP contribution in [0, 0.1) is 0 Å². The molecule has 162 valence electrons. The van der Waals surface area contributed by atoms with E-state index in [9.17, 15) is 4.79 Å². The van der Waals surface area contributed by atoms with Gasteiger partial charge in [0.1, 0.15) is 0 Å². The molecule has 2 heterocycles. The molecule has 0 aliphatic carbocycles. The van der Waals surface area contributed by atoms with E-state index in [0.29, 0.717) is 21.7 Å². The number of amides is 1. The van der Waals surface area contributed by atoms with Gasteiger partial charge in [-0.05, 0) is 42.9 Å². The number of carbonyl (C=O) groups is 1. The number of benzene rings is 2. The molecule has 31 heavy (non-hydrogen) atoms. The molecule has 1 fully saturated rings. The monoisotopic (exact) mass is 457 g/mol. The summed E-state index contributed by atoms with van der Waals surface area (Å²) in [5.74, 6) is 0.376. The molecule has 4 rings (SSSR count). The van der Waals surface area contributed by atoms with Crippen molar-refractivity contribution < 1.29 is 9.21 Å². The third-order valence-corrected chi connectivity index (χ3v) is 6.32. The summed E-state index contributed by atoms with van der Waals surface area (Å²) in [7, 11) is 0. The van der Waals surface area contributed by atoms with Crippen molar-refractivity contribution >= 4 is 40.6 Å². The second-order valence-electron chi connectivity index (χ2n) is 7.16. The van der Waals surface area contributed by atoms with Gasteiger partial charge < -0.3 is 19.5 Å². The Hall–Kier alpha value is -2.55. The fourth-order valence-corrected chi connectivity index (χ4v) is 4.19. The van der Waals surface area contributed by atoms with Crippen LogP contribution >= 0.6 is 23.4 Å². The molecule has 1 saturated heterocycles. The summed E-state index contributed by atoms with van der Waals surface area (Å²) in [6.45, 7) is 7.51. The number of carbonyl (C=O) groups excluding carboxylic acids is 1. The normalized spacial score (nSPS) is 14.6. The summed E-state index contributed by atoms with van der Waals surface area (Å²) in [5, 5.41) is 11.8. The number of likely N-dealkylation sites (N-methyl/N-ethyl adjacent to an activating group) is 1. The lowest BCUT2D eigenvalue weighted by Gasteiger charge is -2.35. The zero-order chi connectivity index (χ0) is 21.6. The van der Waals surface area contributed by atoms with Gasteiger partial charge in [-0.15, -0.1) is 10.2 Å². The smallest absolute Gasteiger partial charge is 0.277 e. The van der Waals surface area contributed by atoms with Crippen LogP contribution in [0.25, 0.3) is 11.5 Å². The lowest BCUT2D eigenvalue weighted by atomic mass is 10.2. The van der Waals surface area contributed by atoms with Gasteiger partial charge in [0.15, 0.2) is 0 Å². The zero-order valence-electron chi connectivity index (χ0n) is 17.3. The average Bonchev–Trinajstić information content (AvgIpc) is 3.27. The van der Waals surface area contributed by atoms with Gasteiger partial charge >= 0.3 is 0 Å². The van der Waals surface area contributed by atoms with Crippen molar-refractivity contribution in [2.75, 3.05) is 48.7 Å². The van der Waals surface area contributed by atoms with Crippen molar-refractivity contribution in [1.29, 1.82) is 0 Å². The van der Waals surface area contributed by atoms with Crippen LogP contribution in [0.5, 0.6) is 0 Å². The second kappa shape index (κ2) is 10.2. The number of rotatable bonds is 7. The lowest BCUT2D eigenvalue weighted by molar-refractivity contribution is -0.113. The minimum atomic E-state index is -0.133. The molecule has 1 aromatic heterocycles. The summed E-state index contributed by atoms with van der Waals surface area (Å²) < 4.78 is 5.62. The van der Waals surface area contributed by atoms with Crippen molar-refractivity contribution in [2.45, 2.75) is 12.1 Å². The molecule has 7 nitrogen and oxygen atoms in total. The number of thioether (sulfide) groups is 1. The standard InChI is InChI=1S/C22H24ClN5O2S/c1-2-27-11-13-28(14-12-27)17-9-7-16(8-10-17)24-20(29)15-31-22-26-25-21(30-22)18-5-3-4-6-19(18)23/h3-10H,2,11-15H2,1H3,(H,24,29). The van der Waals surface area contributed by atoms with Crippen molar-refractivity contribution in [3.63, 3.8) is 0 Å². The van der Waals surface area contributed by atoms with Gasteiger partial charge in [-0.3, -0.25) is 4.79 Å². The van der Waals surface area contributed by atoms with Gasteiger partial charge in [0.25, 0.3) is 5.22 Å². The van der Waals surface area contributed by atoms with E-state index in [1.807, 2.05) is 30.3 Å². The number of hydrogen-bond donors (Lipinski definition) is 1. The minimum absolute atomic E-state index is 0.133. The number of aromatic nitrogens is 2. The van der Waals surface area contributed by atoms with Crippen molar-refractivity contribution in [1.82, 2.24) is 15.1 Å². The quantitative estimate of drug-likeness (QED) is 0.531. The highest BCUT2D eigenvalue weighted by Crippen LogP contribution is 2.28. The first kappa shape index (κ1) is 21.7. The predicted octanol–water partition coefficient (Wildman–Crippen LogP) is 4.26. The van der Waals surface area contributed by atoms with Crippen LogP contribution in [-0.2, 0) is 4.79 Å². The molecule has 0 atom stereocenters. The fraction of sp³-hybridized carbons (Fsp3) is 0.318. The van der Waals surface area contributed by atoms with E-state index >= 15 is 0 Å². The van der Waals surface area contributed by atoms with E-state index in [-0.39, 0.29) is 11.7 Å². The van der Waals surface area contributed by atoms with Gasteiger partial charge in [0.2, 0.25) is 11.8 Å². The van der Waals surface area contributed by atoms with Crippen molar-refractivity contribution in [3.8, 4) is 11.5 Å². The number of nitrogens with zero attached hydrogens (tertiary/aromatic N) is 4. The topological polar surface area (TPSA) is 74.5 Å². The number of halogens is 1. The maximum atomic E-state index is 12.3. The minimum Gasteiger partial charge on any atom is -0.411 e. The molecule has 0 unspecified atom stereocenters. The number of piperazine rings is 1. The van der Waals surface area contributed by atoms with E-state index in [1.54, 1.807) is 6.07 Å². The maximum absolute atomic E-state index is 12.3. The Morgan fingerprint density at radius 3 is 2.55 bits per heavy atom. The molecule has 1 amide bonds. The molecule has 9 heteroatoms. The molecule has 0 bridgehead atoms. The van der Waals surface area contributed by atoms with Gasteiger partial charge in [0.05, 0.1) is 16.3 Å². The van der Waals surface area contributed by atoms with Gasteiger partial charge in [0, 0.05) is 37.6 Å². The zero-order valence-corrected chi connectivity index (χ0v) is 18.8. The fourth-order valence-electron chi connectivity index (χ4n) is 3.41. The number of anilines is 2. The molecule has 0 spiro atoms. The first-order chi connectivity index (χ1) is 15.1. The summed E-state index contributed by atoms with van der Waals surface area (Å²) in [4.78, 5) is 17.1. The van der Waals surface area contributed by atoms with Crippen LogP contribution in [0.1, 0.15) is 6.92 Å². The first-order valence-corrected chi connectivity index (χ1v) is 11.6. The highest BCUT2D eigenvalue weighted by atomic mass is 35.5. The average molecular weight is 458 g/mol. The highest BCUT2D eigenvalue weighted by molar-refractivity contribution is 7.99. The van der Waals surface area contributed by atoms with Crippen LogP contribution in [0.3, 0.4) is 0 Å². The first-order valence-electron chi connectivity index (χ1n) is 10.2. The Balaban J connectivity index is 1.27. The van der Waals surface area contributed by atoms with Crippen LogP contribution in [0.4, 0.5) is 11.4 Å². The summed E-state index contributed by atoms with van der Waals surface area (Å²) in [5.41, 5.74) is 2.62. The summed E-state index contributed by atoms with van der Waals surface area (Å²) >= 11 is 7.34. The van der Waals surface area contributed by atoms with Gasteiger partial charge in [-0.25, -0.2) is 0 Å². The third kappa shape index (κ3) is 5.58. The Kier molecular flexibility index (Phi) is 7.11. The van der Waals surface area contributed by atoms with Gasteiger partial charge in [-0.1, -0.05) is 42.4 Å². The van der Waals surface area contributed by atoms with Crippen LogP contribution in [-0.4, -0.2) is 59.5 Å². The predicted molar refractivity (Wildman–Crippen MR) is 125 cm³/mol. The third-order valence-electron chi connectivity index (χ3n) is 5.17. The van der Waals surface area contributed by atoms with Crippen molar-refractivity contribution in [2.24, 2.45) is 0 Å². The molecular formula is C22H24ClN5O2S. The summed E-state index contributed by atoms with van der Waals surface area (Å²) in [6.07, 6.45) is 0. The number of nitrogens with one attached hydrogen (secondary N) is 1. The molecule has 3 aromatic rings. The van der Waals surface area contributed by atoms with E-state index in [0.717, 1.165) is 38.4 Å². The number of hydrogen-bond acceptors (Lipinski definition) is 7. The molecule has 1 N–H and O–H groups in total. The van der Waals surface area contributed by atoms with Crippen molar-refractivity contribution in [3.05, 3.63) is 53.6 Å². The van der Waals surface area contributed by atoms with E-state index in [1.165, 1.54) is 17.4 Å². The van der Waals surface area contributed by atoms with E-state index in [2.05, 4.69) is 44.4 Å². The maximum Gasteiger partial charge on any atom is 0.277 e. The molecule has 0 saturated carbocycles. The Labute approximate surface area is 190 Å². The van der Waals surface area contributed by atoms with Gasteiger partial charge in [-0.2, -0.15) is 0 Å². The Bertz CT molecular complexity index is 1020. The van der Waals surface area contributed by atoms with Crippen LogP contribution in [0.2, 0.25) is 5.02 Å². The summed E-state index contributed by atoms with van der Waals surface area (Å²) in [6, 6.07) is 15.2. The Morgan fingerprint density at radius 1 is 1.10 bits per heavy atom. The molecule has 1 aliphatic heterocycles. The van der Waals surface area contributed by atoms with Crippen LogP contribution < -0.4 is 10.2 Å². The molecule has 2 aromatic carbocycles. The highest BCUT2D eigenvalue weighted by Gasteiger charge is 2.16. The Morgan fingerprint density at radius 2 is 1.84 bits per heavy atom. The molecule has 0 radical (unpaired) electrons. The molecule has 1 aliphatic rings. The van der Waals surface area contributed by atoms with E-state index < -0.39 is 0 Å². The molecular weight excluding hydrogens is 434 g/mol. The SMILES string of the molecule is CCN1CCN(c2ccc(NC(=O)CSc3nnc(-c4ccccc4Cl)o3)cc2)CC1. The van der Waals surface area contributed by atoms with E-state index in [4.69, 9.17) is 16.0 Å². The van der Waals surface area contributed by atoms with Crippen LogP contribution in [0.15, 0.2) is 58.2 Å².